The Hall–Kier alpha value is -3.10. The number of hydrogen-bond acceptors (Lipinski definition) is 5. The molecule has 6 nitrogen and oxygen atoms in total. The Balaban J connectivity index is 2.20. The summed E-state index contributed by atoms with van der Waals surface area (Å²) in [6, 6.07) is 8.82. The predicted octanol–water partition coefficient (Wildman–Crippen LogP) is 2.78. The summed E-state index contributed by atoms with van der Waals surface area (Å²) < 4.78 is 43.1. The topological polar surface area (TPSA) is 72.8 Å². The summed E-state index contributed by atoms with van der Waals surface area (Å²) in [5, 5.41) is 6.19. The van der Waals surface area contributed by atoms with Crippen LogP contribution in [-0.2, 0) is 22.4 Å². The minimum Gasteiger partial charge on any atom is -0.473 e. The molecule has 1 aromatic heterocycles. The first-order valence-electron chi connectivity index (χ1n) is 7.44. The first-order chi connectivity index (χ1) is 12.4. The van der Waals surface area contributed by atoms with Crippen molar-refractivity contribution < 1.29 is 27.5 Å². The summed E-state index contributed by atoms with van der Waals surface area (Å²) in [7, 11) is 2.77. The van der Waals surface area contributed by atoms with E-state index >= 15 is 0 Å². The zero-order valence-corrected chi connectivity index (χ0v) is 14.0. The summed E-state index contributed by atoms with van der Waals surface area (Å²) in [5.74, 6) is -0.426. The van der Waals surface area contributed by atoms with E-state index < -0.39 is 17.6 Å². The summed E-state index contributed by atoms with van der Waals surface area (Å²) in [5.41, 5.74) is 0.253. The van der Waals surface area contributed by atoms with Gasteiger partial charge in [0.15, 0.2) is 5.71 Å². The van der Waals surface area contributed by atoms with Gasteiger partial charge in [0, 0.05) is 24.9 Å². The molecule has 0 unspecified atom stereocenters. The number of halogens is 3. The number of nitrogens with zero attached hydrogens (tertiary/aromatic N) is 2. The third kappa shape index (κ3) is 4.71. The Morgan fingerprint density at radius 2 is 1.96 bits per heavy atom. The molecule has 0 fully saturated rings. The number of alkyl halides is 3. The first-order valence-corrected chi connectivity index (χ1v) is 7.44. The van der Waals surface area contributed by atoms with Crippen molar-refractivity contribution in [1.29, 1.82) is 0 Å². The molecule has 26 heavy (non-hydrogen) atoms. The van der Waals surface area contributed by atoms with Gasteiger partial charge in [-0.1, -0.05) is 29.4 Å². The maximum Gasteiger partial charge on any atom is 0.417 e. The fraction of sp³-hybridized carbons (Fsp3) is 0.235. The number of pyridine rings is 1. The second-order valence-electron chi connectivity index (χ2n) is 5.03. The van der Waals surface area contributed by atoms with Gasteiger partial charge in [0.05, 0.1) is 5.56 Å². The SMILES string of the molecule is CNC(=O)/C(=N\OC)c1ccccc1COc1ccc(C(F)(F)F)cn1. The molecule has 0 atom stereocenters. The number of amides is 1. The van der Waals surface area contributed by atoms with Gasteiger partial charge in [-0.3, -0.25) is 4.79 Å². The summed E-state index contributed by atoms with van der Waals surface area (Å²) in [6.07, 6.45) is -3.76. The molecule has 0 aliphatic heterocycles. The summed E-state index contributed by atoms with van der Waals surface area (Å²) >= 11 is 0. The van der Waals surface area contributed by atoms with E-state index in [9.17, 15) is 18.0 Å². The van der Waals surface area contributed by atoms with Crippen LogP contribution in [0, 0.1) is 0 Å². The van der Waals surface area contributed by atoms with Crippen molar-refractivity contribution >= 4 is 11.6 Å². The van der Waals surface area contributed by atoms with Crippen LogP contribution < -0.4 is 10.1 Å². The Bertz CT molecular complexity index is 790. The standard InChI is InChI=1S/C17H16F3N3O3/c1-21-16(24)15(23-25-2)13-6-4-3-5-11(13)10-26-14-8-7-12(9-22-14)17(18,19)20/h3-9H,10H2,1-2H3,(H,21,24)/b23-15-. The summed E-state index contributed by atoms with van der Waals surface area (Å²) in [4.78, 5) is 20.3. The largest absolute Gasteiger partial charge is 0.473 e. The Labute approximate surface area is 147 Å². The molecule has 0 saturated carbocycles. The van der Waals surface area contributed by atoms with Gasteiger partial charge < -0.3 is 14.9 Å². The van der Waals surface area contributed by atoms with Crippen LogP contribution in [0.3, 0.4) is 0 Å². The lowest BCUT2D eigenvalue weighted by Crippen LogP contribution is -2.29. The molecule has 0 aliphatic rings. The van der Waals surface area contributed by atoms with Gasteiger partial charge >= 0.3 is 6.18 Å². The highest BCUT2D eigenvalue weighted by Gasteiger charge is 2.30. The maximum atomic E-state index is 12.6. The molecule has 0 radical (unpaired) electrons. The van der Waals surface area contributed by atoms with Crippen LogP contribution in [0.25, 0.3) is 0 Å². The van der Waals surface area contributed by atoms with Crippen molar-refractivity contribution in [1.82, 2.24) is 10.3 Å². The van der Waals surface area contributed by atoms with Crippen LogP contribution in [0.1, 0.15) is 16.7 Å². The van der Waals surface area contributed by atoms with E-state index in [1.54, 1.807) is 24.3 Å². The Kier molecular flexibility index (Phi) is 6.16. The smallest absolute Gasteiger partial charge is 0.417 e. The number of aromatic nitrogens is 1. The van der Waals surface area contributed by atoms with Gasteiger partial charge in [0.1, 0.15) is 13.7 Å². The predicted molar refractivity (Wildman–Crippen MR) is 87.6 cm³/mol. The monoisotopic (exact) mass is 367 g/mol. The van der Waals surface area contributed by atoms with E-state index in [2.05, 4.69) is 15.5 Å². The highest BCUT2D eigenvalue weighted by Crippen LogP contribution is 2.29. The van der Waals surface area contributed by atoms with Gasteiger partial charge in [-0.15, -0.1) is 0 Å². The van der Waals surface area contributed by atoms with Gasteiger partial charge in [-0.05, 0) is 11.6 Å². The number of rotatable bonds is 6. The number of oxime groups is 1. The van der Waals surface area contributed by atoms with Crippen LogP contribution >= 0.6 is 0 Å². The average Bonchev–Trinajstić information content (AvgIpc) is 2.64. The fourth-order valence-electron chi connectivity index (χ4n) is 2.08. The molecule has 0 bridgehead atoms. The van der Waals surface area contributed by atoms with Gasteiger partial charge in [-0.2, -0.15) is 13.2 Å². The van der Waals surface area contributed by atoms with Crippen LogP contribution in [-0.4, -0.2) is 30.8 Å². The maximum absolute atomic E-state index is 12.6. The van der Waals surface area contributed by atoms with E-state index in [1.165, 1.54) is 14.2 Å². The average molecular weight is 367 g/mol. The van der Waals surface area contributed by atoms with E-state index in [-0.39, 0.29) is 18.2 Å². The minimum absolute atomic E-state index is 0.0196. The van der Waals surface area contributed by atoms with E-state index in [0.29, 0.717) is 17.3 Å². The second kappa shape index (κ2) is 8.32. The highest BCUT2D eigenvalue weighted by atomic mass is 19.4. The zero-order chi connectivity index (χ0) is 19.2. The van der Waals surface area contributed by atoms with Gasteiger partial charge in [0.2, 0.25) is 5.88 Å². The fourth-order valence-corrected chi connectivity index (χ4v) is 2.08. The molecule has 2 aromatic rings. The first kappa shape index (κ1) is 19.2. The van der Waals surface area contributed by atoms with Crippen molar-refractivity contribution in [2.24, 2.45) is 5.16 Å². The number of carbonyl (C=O) groups excluding carboxylic acids is 1. The molecule has 2 rings (SSSR count). The molecule has 1 amide bonds. The lowest BCUT2D eigenvalue weighted by molar-refractivity contribution is -0.137. The molecule has 0 aliphatic carbocycles. The number of ether oxygens (including phenoxy) is 1. The van der Waals surface area contributed by atoms with Crippen LogP contribution in [0.5, 0.6) is 5.88 Å². The van der Waals surface area contributed by atoms with Crippen LogP contribution in [0.2, 0.25) is 0 Å². The number of likely N-dealkylation sites (N-methyl/N-ethyl adjacent to an activating group) is 1. The molecule has 9 heteroatoms. The zero-order valence-electron chi connectivity index (χ0n) is 14.0. The molecule has 1 aromatic carbocycles. The minimum atomic E-state index is -4.46. The highest BCUT2D eigenvalue weighted by molar-refractivity contribution is 6.45. The quantitative estimate of drug-likeness (QED) is 0.629. The van der Waals surface area contributed by atoms with Gasteiger partial charge in [0.25, 0.3) is 5.91 Å². The van der Waals surface area contributed by atoms with E-state index in [1.807, 2.05) is 0 Å². The second-order valence-corrected chi connectivity index (χ2v) is 5.03. The lowest BCUT2D eigenvalue weighted by atomic mass is 10.0. The normalized spacial score (nSPS) is 11.8. The molecule has 1 N–H and O–H groups in total. The van der Waals surface area contributed by atoms with Crippen molar-refractivity contribution in [2.75, 3.05) is 14.2 Å². The molecule has 0 saturated heterocycles. The van der Waals surface area contributed by atoms with Gasteiger partial charge in [-0.25, -0.2) is 4.98 Å². The molecule has 1 heterocycles. The van der Waals surface area contributed by atoms with Crippen molar-refractivity contribution in [3.05, 3.63) is 59.3 Å². The third-order valence-corrected chi connectivity index (χ3v) is 3.34. The van der Waals surface area contributed by atoms with Crippen molar-refractivity contribution in [2.45, 2.75) is 12.8 Å². The number of nitrogens with one attached hydrogen (secondary N) is 1. The van der Waals surface area contributed by atoms with Crippen molar-refractivity contribution in [3.8, 4) is 5.88 Å². The molecule has 0 spiro atoms. The third-order valence-electron chi connectivity index (χ3n) is 3.34. The van der Waals surface area contributed by atoms with E-state index in [4.69, 9.17) is 9.57 Å². The Morgan fingerprint density at radius 1 is 1.23 bits per heavy atom. The Morgan fingerprint density at radius 3 is 2.54 bits per heavy atom. The lowest BCUT2D eigenvalue weighted by Gasteiger charge is -2.12. The van der Waals surface area contributed by atoms with Crippen molar-refractivity contribution in [3.63, 3.8) is 0 Å². The van der Waals surface area contributed by atoms with Crippen LogP contribution in [0.4, 0.5) is 13.2 Å². The van der Waals surface area contributed by atoms with Crippen LogP contribution in [0.15, 0.2) is 47.8 Å². The summed E-state index contributed by atoms with van der Waals surface area (Å²) in [6.45, 7) is -0.0196. The molecular weight excluding hydrogens is 351 g/mol. The number of carbonyl (C=O) groups is 1. The molecule has 138 valence electrons. The number of hydrogen-bond donors (Lipinski definition) is 1. The van der Waals surface area contributed by atoms with E-state index in [0.717, 1.165) is 12.1 Å². The number of benzene rings is 1. The molecular formula is C17H16F3N3O3.